The summed E-state index contributed by atoms with van der Waals surface area (Å²) in [6.07, 6.45) is 3.57. The highest BCUT2D eigenvalue weighted by molar-refractivity contribution is 7.99. The summed E-state index contributed by atoms with van der Waals surface area (Å²) in [6, 6.07) is 12.3. The van der Waals surface area contributed by atoms with Crippen molar-refractivity contribution in [3.63, 3.8) is 0 Å². The van der Waals surface area contributed by atoms with Gasteiger partial charge in [-0.2, -0.15) is 0 Å². The molecule has 0 saturated carbocycles. The Balaban J connectivity index is 1.83. The fourth-order valence-corrected chi connectivity index (χ4v) is 2.92. The van der Waals surface area contributed by atoms with Crippen LogP contribution in [-0.2, 0) is 12.8 Å². The number of nitrogens with zero attached hydrogens (tertiary/aromatic N) is 1. The van der Waals surface area contributed by atoms with Gasteiger partial charge in [0.05, 0.1) is 0 Å². The molecular formula is C14H14N2S. The van der Waals surface area contributed by atoms with Crippen molar-refractivity contribution in [2.75, 3.05) is 5.73 Å². The Kier molecular flexibility index (Phi) is 2.77. The van der Waals surface area contributed by atoms with Crippen molar-refractivity contribution in [2.24, 2.45) is 0 Å². The van der Waals surface area contributed by atoms with E-state index < -0.39 is 0 Å². The van der Waals surface area contributed by atoms with Gasteiger partial charge in [-0.05, 0) is 55.2 Å². The summed E-state index contributed by atoms with van der Waals surface area (Å²) in [4.78, 5) is 5.89. The smallest absolute Gasteiger partial charge is 0.101 e. The van der Waals surface area contributed by atoms with Gasteiger partial charge in [0.15, 0.2) is 0 Å². The molecule has 1 heterocycles. The van der Waals surface area contributed by atoms with E-state index in [-0.39, 0.29) is 0 Å². The van der Waals surface area contributed by atoms with Gasteiger partial charge in [0.2, 0.25) is 0 Å². The van der Waals surface area contributed by atoms with Crippen LogP contribution in [0, 0.1) is 0 Å². The van der Waals surface area contributed by atoms with Gasteiger partial charge in [-0.3, -0.25) is 0 Å². The Bertz CT molecular complexity index is 534. The Morgan fingerprint density at radius 1 is 1.00 bits per heavy atom. The van der Waals surface area contributed by atoms with Crippen LogP contribution in [0.25, 0.3) is 0 Å². The summed E-state index contributed by atoms with van der Waals surface area (Å²) < 4.78 is 0. The molecule has 1 aliphatic rings. The van der Waals surface area contributed by atoms with Crippen LogP contribution in [0.15, 0.2) is 46.3 Å². The lowest BCUT2D eigenvalue weighted by molar-refractivity contribution is 0.891. The molecular weight excluding hydrogens is 228 g/mol. The molecule has 0 saturated heterocycles. The quantitative estimate of drug-likeness (QED) is 0.821. The summed E-state index contributed by atoms with van der Waals surface area (Å²) >= 11 is 1.70. The molecule has 1 aromatic carbocycles. The molecule has 3 heteroatoms. The molecule has 0 spiro atoms. The molecule has 3 rings (SSSR count). The van der Waals surface area contributed by atoms with E-state index in [0.717, 1.165) is 17.1 Å². The summed E-state index contributed by atoms with van der Waals surface area (Å²) in [5, 5.41) is 1.08. The SMILES string of the molecule is Nc1ccc(Sc2ccc3c(n2)CCC3)cc1. The van der Waals surface area contributed by atoms with Gasteiger partial charge < -0.3 is 5.73 Å². The third-order valence-corrected chi connectivity index (χ3v) is 3.95. The molecule has 2 aromatic rings. The van der Waals surface area contributed by atoms with E-state index in [0.29, 0.717) is 0 Å². The summed E-state index contributed by atoms with van der Waals surface area (Å²) in [5.74, 6) is 0. The van der Waals surface area contributed by atoms with E-state index >= 15 is 0 Å². The maximum absolute atomic E-state index is 5.67. The van der Waals surface area contributed by atoms with Gasteiger partial charge in [0.1, 0.15) is 5.03 Å². The first-order chi connectivity index (χ1) is 8.31. The molecule has 86 valence electrons. The van der Waals surface area contributed by atoms with E-state index in [4.69, 9.17) is 10.7 Å². The number of anilines is 1. The van der Waals surface area contributed by atoms with Crippen LogP contribution < -0.4 is 5.73 Å². The molecule has 0 fully saturated rings. The lowest BCUT2D eigenvalue weighted by Crippen LogP contribution is -1.89. The third kappa shape index (κ3) is 2.29. The second-order valence-corrected chi connectivity index (χ2v) is 5.37. The number of rotatable bonds is 2. The molecule has 1 aliphatic carbocycles. The maximum Gasteiger partial charge on any atom is 0.101 e. The Morgan fingerprint density at radius 2 is 1.82 bits per heavy atom. The first kappa shape index (κ1) is 10.7. The normalized spacial score (nSPS) is 13.6. The van der Waals surface area contributed by atoms with Gasteiger partial charge >= 0.3 is 0 Å². The zero-order valence-corrected chi connectivity index (χ0v) is 10.3. The van der Waals surface area contributed by atoms with Crippen molar-refractivity contribution >= 4 is 17.4 Å². The minimum absolute atomic E-state index is 0.802. The minimum Gasteiger partial charge on any atom is -0.399 e. The van der Waals surface area contributed by atoms with Gasteiger partial charge in [-0.1, -0.05) is 17.8 Å². The number of nitrogens with two attached hydrogens (primary N) is 1. The molecule has 0 aliphatic heterocycles. The topological polar surface area (TPSA) is 38.9 Å². The minimum atomic E-state index is 0.802. The summed E-state index contributed by atoms with van der Waals surface area (Å²) in [6.45, 7) is 0. The zero-order chi connectivity index (χ0) is 11.7. The van der Waals surface area contributed by atoms with Crippen LogP contribution >= 0.6 is 11.8 Å². The largest absolute Gasteiger partial charge is 0.399 e. The van der Waals surface area contributed by atoms with Crippen LogP contribution in [0.4, 0.5) is 5.69 Å². The Hall–Kier alpha value is -1.48. The number of fused-ring (bicyclic) bond motifs is 1. The summed E-state index contributed by atoms with van der Waals surface area (Å²) in [7, 11) is 0. The summed E-state index contributed by atoms with van der Waals surface area (Å²) in [5.41, 5.74) is 9.18. The van der Waals surface area contributed by atoms with E-state index in [9.17, 15) is 0 Å². The van der Waals surface area contributed by atoms with Gasteiger partial charge in [0, 0.05) is 16.3 Å². The molecule has 2 N–H and O–H groups in total. The van der Waals surface area contributed by atoms with Crippen molar-refractivity contribution < 1.29 is 0 Å². The molecule has 0 bridgehead atoms. The fraction of sp³-hybridized carbons (Fsp3) is 0.214. The molecule has 2 nitrogen and oxygen atoms in total. The number of nitrogen functional groups attached to an aromatic ring is 1. The van der Waals surface area contributed by atoms with Crippen LogP contribution in [0.1, 0.15) is 17.7 Å². The Morgan fingerprint density at radius 3 is 2.65 bits per heavy atom. The van der Waals surface area contributed by atoms with Crippen molar-refractivity contribution in [3.8, 4) is 0 Å². The van der Waals surface area contributed by atoms with Crippen molar-refractivity contribution in [1.82, 2.24) is 4.98 Å². The van der Waals surface area contributed by atoms with Gasteiger partial charge in [-0.25, -0.2) is 4.98 Å². The standard InChI is InChI=1S/C14H14N2S/c15-11-5-7-12(8-6-11)17-14-9-4-10-2-1-3-13(10)16-14/h4-9H,1-3,15H2. The highest BCUT2D eigenvalue weighted by Crippen LogP contribution is 2.29. The number of hydrogen-bond acceptors (Lipinski definition) is 3. The van der Waals surface area contributed by atoms with Gasteiger partial charge in [-0.15, -0.1) is 0 Å². The number of aromatic nitrogens is 1. The van der Waals surface area contributed by atoms with Crippen molar-refractivity contribution in [3.05, 3.63) is 47.7 Å². The van der Waals surface area contributed by atoms with E-state index in [1.807, 2.05) is 24.3 Å². The van der Waals surface area contributed by atoms with Crippen LogP contribution in [0.2, 0.25) is 0 Å². The molecule has 0 atom stereocenters. The maximum atomic E-state index is 5.67. The monoisotopic (exact) mass is 242 g/mol. The highest BCUT2D eigenvalue weighted by Gasteiger charge is 2.12. The molecule has 17 heavy (non-hydrogen) atoms. The number of aryl methyl sites for hydroxylation is 2. The number of hydrogen-bond donors (Lipinski definition) is 1. The second-order valence-electron chi connectivity index (χ2n) is 4.28. The zero-order valence-electron chi connectivity index (χ0n) is 9.52. The first-order valence-corrected chi connectivity index (χ1v) is 6.65. The van der Waals surface area contributed by atoms with Crippen LogP contribution in [-0.4, -0.2) is 4.98 Å². The number of pyridine rings is 1. The molecule has 0 unspecified atom stereocenters. The average Bonchev–Trinajstić information content (AvgIpc) is 2.79. The highest BCUT2D eigenvalue weighted by atomic mass is 32.2. The Labute approximate surface area is 105 Å². The van der Waals surface area contributed by atoms with Crippen molar-refractivity contribution in [2.45, 2.75) is 29.2 Å². The lowest BCUT2D eigenvalue weighted by atomic mass is 10.2. The first-order valence-electron chi connectivity index (χ1n) is 5.83. The van der Waals surface area contributed by atoms with Crippen molar-refractivity contribution in [1.29, 1.82) is 0 Å². The van der Waals surface area contributed by atoms with E-state index in [2.05, 4.69) is 12.1 Å². The second kappa shape index (κ2) is 4.41. The number of benzene rings is 1. The van der Waals surface area contributed by atoms with Crippen LogP contribution in [0.3, 0.4) is 0 Å². The van der Waals surface area contributed by atoms with E-state index in [1.165, 1.54) is 29.0 Å². The molecule has 0 radical (unpaired) electrons. The fourth-order valence-electron chi connectivity index (χ4n) is 2.11. The van der Waals surface area contributed by atoms with Crippen LogP contribution in [0.5, 0.6) is 0 Å². The average molecular weight is 242 g/mol. The van der Waals surface area contributed by atoms with Gasteiger partial charge in [0.25, 0.3) is 0 Å². The lowest BCUT2D eigenvalue weighted by Gasteiger charge is -2.04. The predicted octanol–water partition coefficient (Wildman–Crippen LogP) is 3.30. The molecule has 0 amide bonds. The van der Waals surface area contributed by atoms with E-state index in [1.54, 1.807) is 11.8 Å². The predicted molar refractivity (Wildman–Crippen MR) is 71.2 cm³/mol. The molecule has 1 aromatic heterocycles. The third-order valence-electron chi connectivity index (χ3n) is 3.01.